The Bertz CT molecular complexity index is 11.6. The molecule has 0 aromatic rings. The van der Waals surface area contributed by atoms with Crippen molar-refractivity contribution in [1.29, 1.82) is 0 Å². The van der Waals surface area contributed by atoms with Gasteiger partial charge in [0.05, 0.1) is 0 Å². The summed E-state index contributed by atoms with van der Waals surface area (Å²) in [7, 11) is -2.17. The van der Waals surface area contributed by atoms with Gasteiger partial charge in [0.2, 0.25) is 0 Å². The fourth-order valence-electron chi connectivity index (χ4n) is 0. The summed E-state index contributed by atoms with van der Waals surface area (Å²) in [6.45, 7) is 0. The molecule has 0 radical (unpaired) electrons. The molecule has 0 unspecified atom stereocenters. The van der Waals surface area contributed by atoms with E-state index < -0.39 is 7.32 Å². The van der Waals surface area contributed by atoms with E-state index in [2.05, 4.69) is 0 Å². The van der Waals surface area contributed by atoms with Crippen LogP contribution in [0.4, 0.5) is 0 Å². The summed E-state index contributed by atoms with van der Waals surface area (Å²) in [4.78, 5) is 0. The van der Waals surface area contributed by atoms with Crippen LogP contribution in [-0.2, 0) is 27.3 Å². The minimum absolute atomic E-state index is 0. The van der Waals surface area contributed by atoms with E-state index in [-0.39, 0.29) is 27.3 Å². The zero-order chi connectivity index (χ0) is 3.58. The summed E-state index contributed by atoms with van der Waals surface area (Å²) in [5.74, 6) is 0. The van der Waals surface area contributed by atoms with Crippen LogP contribution in [0.1, 0.15) is 0 Å². The first-order chi connectivity index (χ1) is 1.73. The van der Waals surface area contributed by atoms with Gasteiger partial charge in [-0.15, -0.1) is 0 Å². The average Bonchev–Trinajstić information content (AvgIpc) is 0.811. The van der Waals surface area contributed by atoms with Gasteiger partial charge in [-0.3, -0.25) is 0 Å². The van der Waals surface area contributed by atoms with Gasteiger partial charge in [0.1, 0.15) is 0 Å². The molecule has 0 spiro atoms. The molecule has 0 saturated heterocycles. The predicted octanol–water partition coefficient (Wildman–Crippen LogP) is -2.05. The summed E-state index contributed by atoms with van der Waals surface area (Å²) in [6, 6.07) is 0. The second-order valence-electron chi connectivity index (χ2n) is 0.346. The summed E-state index contributed by atoms with van der Waals surface area (Å²) < 4.78 is 0. The topological polar surface area (TPSA) is 60.7 Å². The summed E-state index contributed by atoms with van der Waals surface area (Å²) in [6.07, 6.45) is 0. The van der Waals surface area contributed by atoms with Gasteiger partial charge in [-0.25, -0.2) is 0 Å². The van der Waals surface area contributed by atoms with Crippen LogP contribution in [0.15, 0.2) is 0 Å². The third-order valence-corrected chi connectivity index (χ3v) is 0. The van der Waals surface area contributed by atoms with Gasteiger partial charge in [-0.2, -0.15) is 0 Å². The first-order valence-electron chi connectivity index (χ1n) is 0.775. The largest absolute Gasteiger partial charge is 0.631 e. The average molecular weight is 174 g/mol. The van der Waals surface area contributed by atoms with Crippen molar-refractivity contribution in [2.75, 3.05) is 0 Å². The molecule has 0 aromatic heterocycles. The second-order valence-corrected chi connectivity index (χ2v) is 0.346. The molecule has 0 aliphatic carbocycles. The third-order valence-electron chi connectivity index (χ3n) is 0. The predicted molar refractivity (Wildman–Crippen MR) is 12.4 cm³/mol. The Hall–Kier alpha value is 0.867. The van der Waals surface area contributed by atoms with Gasteiger partial charge in [0.25, 0.3) is 0 Å². The van der Waals surface area contributed by atoms with Crippen molar-refractivity contribution in [2.45, 2.75) is 0 Å². The molecule has 26 valence electrons. The number of hydrogen-bond donors (Lipinski definition) is 3. The Morgan fingerprint density at radius 2 is 1.00 bits per heavy atom. The van der Waals surface area contributed by atoms with Gasteiger partial charge in [-0.05, 0) is 0 Å². The third kappa shape index (κ3) is 53.2. The van der Waals surface area contributed by atoms with Crippen LogP contribution < -0.4 is 0 Å². The molecule has 0 amide bonds. The molecule has 3 N–H and O–H groups in total. The second kappa shape index (κ2) is 4.87. The first-order valence-corrected chi connectivity index (χ1v) is 0.775. The molecule has 0 heterocycles. The van der Waals surface area contributed by atoms with Crippen molar-refractivity contribution in [3.8, 4) is 0 Å². The van der Waals surface area contributed by atoms with Crippen LogP contribution in [0.3, 0.4) is 0 Å². The van der Waals surface area contributed by atoms with Crippen molar-refractivity contribution in [3.63, 3.8) is 0 Å². The molecule has 0 rings (SSSR count). The molecule has 0 aliphatic heterocycles. The Balaban J connectivity index is 0. The quantitative estimate of drug-likeness (QED) is 0.370. The Kier molecular flexibility index (Phi) is 9.05. The molecule has 5 heavy (non-hydrogen) atoms. The van der Waals surface area contributed by atoms with E-state index in [1.807, 2.05) is 0 Å². The van der Waals surface area contributed by atoms with Crippen LogP contribution in [0.2, 0.25) is 0 Å². The van der Waals surface area contributed by atoms with E-state index in [1.165, 1.54) is 0 Å². The van der Waals surface area contributed by atoms with Crippen LogP contribution >= 0.6 is 0 Å². The van der Waals surface area contributed by atoms with E-state index in [0.717, 1.165) is 0 Å². The zero-order valence-electron chi connectivity index (χ0n) is 2.63. The fraction of sp³-hybridized carbons (Fsp3) is 0. The smallest absolute Gasteiger partial charge is 0.402 e. The van der Waals surface area contributed by atoms with E-state index in [0.29, 0.717) is 0 Å². The van der Waals surface area contributed by atoms with Crippen LogP contribution in [-0.4, -0.2) is 22.4 Å². The van der Waals surface area contributed by atoms with Crippen molar-refractivity contribution < 1.29 is 42.4 Å². The van der Waals surface area contributed by atoms with Gasteiger partial charge < -0.3 is 15.1 Å². The van der Waals surface area contributed by atoms with Crippen molar-refractivity contribution in [3.05, 3.63) is 0 Å². The first kappa shape index (κ1) is 9.29. The monoisotopic (exact) mass is 176 g/mol. The summed E-state index contributed by atoms with van der Waals surface area (Å²) in [5.41, 5.74) is 0. The van der Waals surface area contributed by atoms with Gasteiger partial charge in [-0.1, -0.05) is 0 Å². The van der Waals surface area contributed by atoms with E-state index in [4.69, 9.17) is 15.1 Å². The molecule has 0 bridgehead atoms. The number of rotatable bonds is 0. The van der Waals surface area contributed by atoms with Crippen molar-refractivity contribution in [1.82, 2.24) is 0 Å². The molecule has 5 heteroatoms. The summed E-state index contributed by atoms with van der Waals surface area (Å²) >= 11 is 0. The van der Waals surface area contributed by atoms with Gasteiger partial charge in [0.15, 0.2) is 0 Å². The van der Waals surface area contributed by atoms with E-state index in [1.54, 1.807) is 0 Å². The maximum absolute atomic E-state index is 7.17. The SMILES string of the molecule is OB(O)O.[Cd]. The molecule has 0 saturated carbocycles. The van der Waals surface area contributed by atoms with E-state index in [9.17, 15) is 0 Å². The molecular weight excluding hydrogens is 171 g/mol. The standard InChI is InChI=1S/BH3O3.Cd/c2-1(3)4;/h2-4H;. The minimum Gasteiger partial charge on any atom is -0.402 e. The fourth-order valence-corrected chi connectivity index (χ4v) is 0. The maximum Gasteiger partial charge on any atom is 0.631 e. The van der Waals surface area contributed by atoms with Gasteiger partial charge in [0, 0.05) is 27.3 Å². The Morgan fingerprint density at radius 3 is 1.00 bits per heavy atom. The normalized spacial score (nSPS) is 5.40. The maximum atomic E-state index is 7.17. The van der Waals surface area contributed by atoms with Crippen LogP contribution in [0, 0.1) is 0 Å². The zero-order valence-corrected chi connectivity index (χ0v) is 6.66. The number of hydrogen-bond acceptors (Lipinski definition) is 3. The Morgan fingerprint density at radius 1 is 1.00 bits per heavy atom. The van der Waals surface area contributed by atoms with Gasteiger partial charge >= 0.3 is 7.32 Å². The minimum atomic E-state index is -2.17. The van der Waals surface area contributed by atoms with Crippen LogP contribution in [0.25, 0.3) is 0 Å². The van der Waals surface area contributed by atoms with Crippen LogP contribution in [0.5, 0.6) is 0 Å². The summed E-state index contributed by atoms with van der Waals surface area (Å²) in [5, 5.41) is 21.5. The molecule has 0 aromatic carbocycles. The molecule has 0 fully saturated rings. The molecule has 0 atom stereocenters. The van der Waals surface area contributed by atoms with Crippen molar-refractivity contribution >= 4 is 7.32 Å². The van der Waals surface area contributed by atoms with E-state index >= 15 is 0 Å². The van der Waals surface area contributed by atoms with Crippen molar-refractivity contribution in [2.24, 2.45) is 0 Å². The molecule has 0 aliphatic rings. The Labute approximate surface area is 50.0 Å². The molecular formula is H3BCdO3. The molecule has 3 nitrogen and oxygen atoms in total.